The molecule has 0 radical (unpaired) electrons. The summed E-state index contributed by atoms with van der Waals surface area (Å²) in [5.74, 6) is 0.454. The monoisotopic (exact) mass is 185 g/mol. The maximum Gasteiger partial charge on any atom is 0.224 e. The predicted molar refractivity (Wildman–Crippen MR) is 46.8 cm³/mol. The number of hydrogen-bond acceptors (Lipinski definition) is 4. The third kappa shape index (κ3) is 1.04. The van der Waals surface area contributed by atoms with E-state index in [2.05, 4.69) is 9.97 Å². The summed E-state index contributed by atoms with van der Waals surface area (Å²) < 4.78 is 0.898. The van der Waals surface area contributed by atoms with Crippen molar-refractivity contribution in [3.63, 3.8) is 0 Å². The molecular formula is C6H4ClN3S. The first-order valence-corrected chi connectivity index (χ1v) is 4.19. The Morgan fingerprint density at radius 3 is 3.09 bits per heavy atom. The van der Waals surface area contributed by atoms with E-state index in [4.69, 9.17) is 17.3 Å². The Kier molecular flexibility index (Phi) is 1.44. The SMILES string of the molecule is Nc1nc(Cl)nc2ccsc12. The Morgan fingerprint density at radius 1 is 1.45 bits per heavy atom. The van der Waals surface area contributed by atoms with E-state index in [1.807, 2.05) is 11.4 Å². The summed E-state index contributed by atoms with van der Waals surface area (Å²) in [6.07, 6.45) is 0. The average molecular weight is 186 g/mol. The largest absolute Gasteiger partial charge is 0.382 e. The second-order valence-corrected chi connectivity index (χ2v) is 3.27. The van der Waals surface area contributed by atoms with Crippen LogP contribution in [0.5, 0.6) is 0 Å². The smallest absolute Gasteiger partial charge is 0.224 e. The van der Waals surface area contributed by atoms with Gasteiger partial charge in [0.25, 0.3) is 0 Å². The van der Waals surface area contributed by atoms with Crippen LogP contribution in [0, 0.1) is 0 Å². The highest BCUT2D eigenvalue weighted by molar-refractivity contribution is 7.17. The van der Waals surface area contributed by atoms with E-state index < -0.39 is 0 Å². The second-order valence-electron chi connectivity index (χ2n) is 2.01. The quantitative estimate of drug-likeness (QED) is 0.638. The van der Waals surface area contributed by atoms with Gasteiger partial charge in [0.05, 0.1) is 10.2 Å². The molecule has 0 atom stereocenters. The molecule has 0 aliphatic rings. The van der Waals surface area contributed by atoms with E-state index in [1.165, 1.54) is 11.3 Å². The van der Waals surface area contributed by atoms with Gasteiger partial charge in [0, 0.05) is 0 Å². The number of nitrogens with two attached hydrogens (primary N) is 1. The predicted octanol–water partition coefficient (Wildman–Crippen LogP) is 1.93. The molecule has 11 heavy (non-hydrogen) atoms. The molecule has 2 N–H and O–H groups in total. The van der Waals surface area contributed by atoms with Crippen LogP contribution in [0.15, 0.2) is 11.4 Å². The summed E-state index contributed by atoms with van der Waals surface area (Å²) >= 11 is 7.10. The molecule has 0 unspecified atom stereocenters. The van der Waals surface area contributed by atoms with Gasteiger partial charge in [-0.15, -0.1) is 11.3 Å². The molecule has 2 aromatic rings. The molecule has 0 saturated heterocycles. The molecule has 0 aliphatic heterocycles. The molecule has 2 rings (SSSR count). The van der Waals surface area contributed by atoms with Gasteiger partial charge in [0.1, 0.15) is 5.82 Å². The minimum absolute atomic E-state index is 0.202. The van der Waals surface area contributed by atoms with Gasteiger partial charge in [-0.2, -0.15) is 4.98 Å². The standard InChI is InChI=1S/C6H4ClN3S/c7-6-9-3-1-2-11-4(3)5(8)10-6/h1-2H,(H2,8,9,10). The fourth-order valence-electron chi connectivity index (χ4n) is 0.857. The van der Waals surface area contributed by atoms with Crippen LogP contribution in [-0.4, -0.2) is 9.97 Å². The van der Waals surface area contributed by atoms with Gasteiger partial charge >= 0.3 is 0 Å². The average Bonchev–Trinajstić information content (AvgIpc) is 2.34. The molecule has 3 nitrogen and oxygen atoms in total. The van der Waals surface area contributed by atoms with Crippen molar-refractivity contribution in [3.05, 3.63) is 16.7 Å². The third-order valence-corrected chi connectivity index (χ3v) is 2.40. The number of thiophene rings is 1. The Bertz CT molecular complexity index is 398. The number of nitrogens with zero attached hydrogens (tertiary/aromatic N) is 2. The molecular weight excluding hydrogens is 182 g/mol. The van der Waals surface area contributed by atoms with Crippen LogP contribution >= 0.6 is 22.9 Å². The second kappa shape index (κ2) is 2.32. The van der Waals surface area contributed by atoms with Crippen LogP contribution in [-0.2, 0) is 0 Å². The number of halogens is 1. The van der Waals surface area contributed by atoms with Crippen LogP contribution in [0.3, 0.4) is 0 Å². The summed E-state index contributed by atoms with van der Waals surface area (Å²) in [5, 5.41) is 2.11. The third-order valence-electron chi connectivity index (χ3n) is 1.30. The number of rotatable bonds is 0. The van der Waals surface area contributed by atoms with E-state index >= 15 is 0 Å². The van der Waals surface area contributed by atoms with Crippen molar-refractivity contribution in [1.82, 2.24) is 9.97 Å². The highest BCUT2D eigenvalue weighted by atomic mass is 35.5. The Labute approximate surface area is 71.8 Å². The lowest BCUT2D eigenvalue weighted by Crippen LogP contribution is -1.91. The maximum absolute atomic E-state index is 5.58. The lowest BCUT2D eigenvalue weighted by atomic mass is 10.4. The highest BCUT2D eigenvalue weighted by Gasteiger charge is 2.03. The molecule has 0 bridgehead atoms. The van der Waals surface area contributed by atoms with Crippen LogP contribution in [0.2, 0.25) is 5.28 Å². The summed E-state index contributed by atoms with van der Waals surface area (Å²) in [4.78, 5) is 7.80. The zero-order valence-corrected chi connectivity index (χ0v) is 6.99. The van der Waals surface area contributed by atoms with Gasteiger partial charge in [-0.05, 0) is 23.0 Å². The summed E-state index contributed by atoms with van der Waals surface area (Å²) in [5.41, 5.74) is 6.39. The van der Waals surface area contributed by atoms with Gasteiger partial charge in [-0.25, -0.2) is 4.98 Å². The maximum atomic E-state index is 5.58. The van der Waals surface area contributed by atoms with Crippen molar-refractivity contribution < 1.29 is 0 Å². The lowest BCUT2D eigenvalue weighted by Gasteiger charge is -1.93. The van der Waals surface area contributed by atoms with Crippen molar-refractivity contribution in [3.8, 4) is 0 Å². The molecule has 0 fully saturated rings. The van der Waals surface area contributed by atoms with Crippen LogP contribution in [0.1, 0.15) is 0 Å². The molecule has 0 saturated carbocycles. The summed E-state index contributed by atoms with van der Waals surface area (Å²) in [7, 11) is 0. The van der Waals surface area contributed by atoms with E-state index in [-0.39, 0.29) is 5.28 Å². The Morgan fingerprint density at radius 2 is 2.27 bits per heavy atom. The first-order chi connectivity index (χ1) is 5.27. The van der Waals surface area contributed by atoms with Gasteiger partial charge in [-0.3, -0.25) is 0 Å². The molecule has 0 spiro atoms. The fourth-order valence-corrected chi connectivity index (χ4v) is 1.77. The zero-order chi connectivity index (χ0) is 7.84. The molecule has 56 valence electrons. The first kappa shape index (κ1) is 6.82. The van der Waals surface area contributed by atoms with E-state index in [0.717, 1.165) is 10.2 Å². The van der Waals surface area contributed by atoms with Crippen LogP contribution in [0.25, 0.3) is 10.2 Å². The molecule has 2 heterocycles. The molecule has 5 heteroatoms. The van der Waals surface area contributed by atoms with E-state index in [1.54, 1.807) is 0 Å². The van der Waals surface area contributed by atoms with Crippen LogP contribution in [0.4, 0.5) is 5.82 Å². The minimum atomic E-state index is 0.202. The molecule has 0 amide bonds. The van der Waals surface area contributed by atoms with Crippen molar-refractivity contribution in [2.45, 2.75) is 0 Å². The van der Waals surface area contributed by atoms with Crippen LogP contribution < -0.4 is 5.73 Å². The van der Waals surface area contributed by atoms with Gasteiger partial charge in [-0.1, -0.05) is 0 Å². The minimum Gasteiger partial charge on any atom is -0.382 e. The number of fused-ring (bicyclic) bond motifs is 1. The van der Waals surface area contributed by atoms with Gasteiger partial charge in [0.2, 0.25) is 5.28 Å². The first-order valence-electron chi connectivity index (χ1n) is 2.93. The fraction of sp³-hybridized carbons (Fsp3) is 0. The van der Waals surface area contributed by atoms with E-state index in [9.17, 15) is 0 Å². The molecule has 0 aromatic carbocycles. The van der Waals surface area contributed by atoms with Crippen molar-refractivity contribution in [1.29, 1.82) is 0 Å². The number of anilines is 1. The van der Waals surface area contributed by atoms with Crippen molar-refractivity contribution in [2.75, 3.05) is 5.73 Å². The Balaban J connectivity index is 2.91. The van der Waals surface area contributed by atoms with Gasteiger partial charge in [0.15, 0.2) is 0 Å². The lowest BCUT2D eigenvalue weighted by molar-refractivity contribution is 1.24. The summed E-state index contributed by atoms with van der Waals surface area (Å²) in [6.45, 7) is 0. The number of aromatic nitrogens is 2. The molecule has 0 aliphatic carbocycles. The Hall–Kier alpha value is -0.870. The highest BCUT2D eigenvalue weighted by Crippen LogP contribution is 2.24. The normalized spacial score (nSPS) is 10.6. The number of nitrogen functional groups attached to an aromatic ring is 1. The van der Waals surface area contributed by atoms with Gasteiger partial charge < -0.3 is 5.73 Å². The number of hydrogen-bond donors (Lipinski definition) is 1. The summed E-state index contributed by atoms with van der Waals surface area (Å²) in [6, 6.07) is 1.86. The molecule has 2 aromatic heterocycles. The van der Waals surface area contributed by atoms with Crippen molar-refractivity contribution >= 4 is 39.0 Å². The van der Waals surface area contributed by atoms with Crippen molar-refractivity contribution in [2.24, 2.45) is 0 Å². The topological polar surface area (TPSA) is 51.8 Å². The zero-order valence-electron chi connectivity index (χ0n) is 5.41. The van der Waals surface area contributed by atoms with E-state index in [0.29, 0.717) is 5.82 Å².